The molecular formula is C25H30N8O3. The van der Waals surface area contributed by atoms with Crippen molar-refractivity contribution >= 4 is 23.1 Å². The normalized spacial score (nSPS) is 19.7. The van der Waals surface area contributed by atoms with Gasteiger partial charge in [-0.25, -0.2) is 14.5 Å². The van der Waals surface area contributed by atoms with Gasteiger partial charge in [0.05, 0.1) is 42.5 Å². The molecule has 0 radical (unpaired) electrons. The maximum atomic E-state index is 12.9. The molecule has 4 heterocycles. The predicted molar refractivity (Wildman–Crippen MR) is 133 cm³/mol. The summed E-state index contributed by atoms with van der Waals surface area (Å²) >= 11 is 0. The first-order valence-corrected chi connectivity index (χ1v) is 12.0. The standard InChI is InChI=1S/C23H24N8O3.C2H6/c1-13-9-30(22(33)23(12-24)6-7-23)10-16(13)28-19-14(20(25)32)8-26-31-11-17(29-21(19)31)15-4-3-5-18(27-15)34-2;1-2/h3-5,8,11,13,16,28H,6-7,9-10H2,1-2H3,(H2,25,32);1-2H3. The number of pyridine rings is 1. The molecule has 11 nitrogen and oxygen atoms in total. The second-order valence-electron chi connectivity index (χ2n) is 8.89. The van der Waals surface area contributed by atoms with Crippen molar-refractivity contribution in [2.75, 3.05) is 25.5 Å². The van der Waals surface area contributed by atoms with Crippen molar-refractivity contribution < 1.29 is 14.3 Å². The minimum Gasteiger partial charge on any atom is -0.481 e. The van der Waals surface area contributed by atoms with Gasteiger partial charge in [-0.3, -0.25) is 9.59 Å². The highest BCUT2D eigenvalue weighted by Gasteiger charge is 2.54. The summed E-state index contributed by atoms with van der Waals surface area (Å²) in [6.07, 6.45) is 4.33. The molecule has 0 spiro atoms. The molecular weight excluding hydrogens is 460 g/mol. The highest BCUT2D eigenvalue weighted by molar-refractivity contribution is 6.01. The molecule has 36 heavy (non-hydrogen) atoms. The number of carbonyl (C=O) groups is 2. The highest BCUT2D eigenvalue weighted by Crippen LogP contribution is 2.47. The van der Waals surface area contributed by atoms with Gasteiger partial charge in [0.1, 0.15) is 11.1 Å². The number of nitriles is 1. The van der Waals surface area contributed by atoms with Crippen molar-refractivity contribution in [1.29, 1.82) is 5.26 Å². The lowest BCUT2D eigenvalue weighted by molar-refractivity contribution is -0.134. The molecule has 2 aliphatic rings. The van der Waals surface area contributed by atoms with E-state index in [9.17, 15) is 14.9 Å². The molecule has 188 valence electrons. The Bertz CT molecular complexity index is 1340. The number of ether oxygens (including phenoxy) is 1. The number of nitrogens with two attached hydrogens (primary N) is 1. The fourth-order valence-corrected chi connectivity index (χ4v) is 4.37. The molecule has 3 aromatic heterocycles. The Morgan fingerprint density at radius 1 is 1.22 bits per heavy atom. The number of rotatable bonds is 6. The van der Waals surface area contributed by atoms with Gasteiger partial charge in [-0.2, -0.15) is 10.4 Å². The molecule has 5 rings (SSSR count). The number of methoxy groups -OCH3 is 1. The van der Waals surface area contributed by atoms with Crippen molar-refractivity contribution in [2.45, 2.75) is 39.7 Å². The molecule has 2 unspecified atom stereocenters. The van der Waals surface area contributed by atoms with E-state index in [1.54, 1.807) is 27.7 Å². The Morgan fingerprint density at radius 2 is 1.97 bits per heavy atom. The topological polar surface area (TPSA) is 152 Å². The molecule has 3 aromatic rings. The molecule has 1 saturated carbocycles. The number of amides is 2. The van der Waals surface area contributed by atoms with Crippen LogP contribution in [0, 0.1) is 22.7 Å². The number of likely N-dealkylation sites (tertiary alicyclic amines) is 1. The number of anilines is 1. The van der Waals surface area contributed by atoms with E-state index in [4.69, 9.17) is 10.5 Å². The van der Waals surface area contributed by atoms with Gasteiger partial charge in [-0.15, -0.1) is 0 Å². The number of carbonyl (C=O) groups excluding carboxylic acids is 2. The third kappa shape index (κ3) is 4.42. The van der Waals surface area contributed by atoms with Crippen LogP contribution >= 0.6 is 0 Å². The van der Waals surface area contributed by atoms with Crippen LogP contribution in [0.5, 0.6) is 5.88 Å². The summed E-state index contributed by atoms with van der Waals surface area (Å²) in [4.78, 5) is 35.9. The van der Waals surface area contributed by atoms with Gasteiger partial charge in [-0.1, -0.05) is 26.8 Å². The zero-order chi connectivity index (χ0) is 26.0. The minimum absolute atomic E-state index is 0.0851. The first kappa shape index (κ1) is 24.9. The van der Waals surface area contributed by atoms with Gasteiger partial charge >= 0.3 is 0 Å². The Hall–Kier alpha value is -4.20. The van der Waals surface area contributed by atoms with Crippen molar-refractivity contribution in [3.8, 4) is 23.3 Å². The molecule has 11 heteroatoms. The SMILES string of the molecule is CC.COc1cccc(-c2cn3ncc(C(N)=O)c(NC4CN(C(=O)C5(C#N)CC5)CC4C)c3n2)n1. The number of fused-ring (bicyclic) bond motifs is 1. The van der Waals surface area contributed by atoms with E-state index in [1.165, 1.54) is 13.3 Å². The number of imidazole rings is 1. The summed E-state index contributed by atoms with van der Waals surface area (Å²) in [5.74, 6) is -0.217. The molecule has 1 aliphatic carbocycles. The number of hydrogen-bond acceptors (Lipinski definition) is 8. The fourth-order valence-electron chi connectivity index (χ4n) is 4.37. The van der Waals surface area contributed by atoms with Crippen LogP contribution in [0.2, 0.25) is 0 Å². The Balaban J connectivity index is 0.00000148. The molecule has 2 fully saturated rings. The number of hydrogen-bond donors (Lipinski definition) is 2. The Kier molecular flexibility index (Phi) is 6.79. The number of primary amides is 1. The Labute approximate surface area is 209 Å². The number of nitrogens with one attached hydrogen (secondary N) is 1. The first-order valence-electron chi connectivity index (χ1n) is 12.0. The average molecular weight is 491 g/mol. The molecule has 3 N–H and O–H groups in total. The fraction of sp³-hybridized carbons (Fsp3) is 0.440. The number of nitrogens with zero attached hydrogens (tertiary/aromatic N) is 6. The molecule has 0 bridgehead atoms. The van der Waals surface area contributed by atoms with Crippen LogP contribution in [0.3, 0.4) is 0 Å². The molecule has 1 aliphatic heterocycles. The largest absolute Gasteiger partial charge is 0.481 e. The monoisotopic (exact) mass is 490 g/mol. The van der Waals surface area contributed by atoms with E-state index >= 15 is 0 Å². The molecule has 1 saturated heterocycles. The third-order valence-electron chi connectivity index (χ3n) is 6.56. The van der Waals surface area contributed by atoms with Crippen LogP contribution in [0.25, 0.3) is 17.0 Å². The summed E-state index contributed by atoms with van der Waals surface area (Å²) < 4.78 is 6.76. The quantitative estimate of drug-likeness (QED) is 0.535. The van der Waals surface area contributed by atoms with Gasteiger partial charge in [0.25, 0.3) is 5.91 Å². The van der Waals surface area contributed by atoms with Crippen molar-refractivity contribution in [3.05, 3.63) is 36.2 Å². The van der Waals surface area contributed by atoms with Crippen LogP contribution in [-0.4, -0.2) is 62.5 Å². The first-order chi connectivity index (χ1) is 17.3. The lowest BCUT2D eigenvalue weighted by atomic mass is 10.1. The van der Waals surface area contributed by atoms with Gasteiger partial charge < -0.3 is 20.7 Å². The van der Waals surface area contributed by atoms with Crippen molar-refractivity contribution in [1.82, 2.24) is 24.5 Å². The summed E-state index contributed by atoms with van der Waals surface area (Å²) in [7, 11) is 1.54. The molecule has 2 atom stereocenters. The summed E-state index contributed by atoms with van der Waals surface area (Å²) in [5.41, 5.74) is 7.00. The van der Waals surface area contributed by atoms with E-state index < -0.39 is 11.3 Å². The van der Waals surface area contributed by atoms with Crippen LogP contribution in [0.15, 0.2) is 30.6 Å². The van der Waals surface area contributed by atoms with E-state index in [0.29, 0.717) is 54.5 Å². The Morgan fingerprint density at radius 3 is 2.61 bits per heavy atom. The second kappa shape index (κ2) is 9.81. The lowest BCUT2D eigenvalue weighted by Crippen LogP contribution is -2.36. The second-order valence-corrected chi connectivity index (χ2v) is 8.89. The average Bonchev–Trinajstić information content (AvgIpc) is 3.44. The van der Waals surface area contributed by atoms with E-state index in [1.807, 2.05) is 26.8 Å². The van der Waals surface area contributed by atoms with E-state index in [2.05, 4.69) is 26.5 Å². The zero-order valence-electron chi connectivity index (χ0n) is 20.9. The van der Waals surface area contributed by atoms with Gasteiger partial charge in [0.2, 0.25) is 11.8 Å². The minimum atomic E-state index is -0.862. The van der Waals surface area contributed by atoms with Crippen LogP contribution < -0.4 is 15.8 Å². The summed E-state index contributed by atoms with van der Waals surface area (Å²) in [6.45, 7) is 6.97. The van der Waals surface area contributed by atoms with E-state index in [0.717, 1.165) is 0 Å². The predicted octanol–water partition coefficient (Wildman–Crippen LogP) is 2.49. The van der Waals surface area contributed by atoms with E-state index in [-0.39, 0.29) is 23.4 Å². The number of aromatic nitrogens is 4. The maximum absolute atomic E-state index is 12.9. The smallest absolute Gasteiger partial charge is 0.252 e. The maximum Gasteiger partial charge on any atom is 0.252 e. The third-order valence-corrected chi connectivity index (χ3v) is 6.56. The molecule has 2 amide bonds. The van der Waals surface area contributed by atoms with Crippen LogP contribution in [0.4, 0.5) is 5.69 Å². The summed E-state index contributed by atoms with van der Waals surface area (Å²) in [5, 5.41) is 17.1. The van der Waals surface area contributed by atoms with Gasteiger partial charge in [0.15, 0.2) is 5.65 Å². The highest BCUT2D eigenvalue weighted by atomic mass is 16.5. The van der Waals surface area contributed by atoms with Crippen molar-refractivity contribution in [2.24, 2.45) is 17.1 Å². The van der Waals surface area contributed by atoms with Crippen LogP contribution in [-0.2, 0) is 4.79 Å². The van der Waals surface area contributed by atoms with Crippen molar-refractivity contribution in [3.63, 3.8) is 0 Å². The van der Waals surface area contributed by atoms with Gasteiger partial charge in [0, 0.05) is 25.2 Å². The van der Waals surface area contributed by atoms with Crippen LogP contribution in [0.1, 0.15) is 44.0 Å². The lowest BCUT2D eigenvalue weighted by Gasteiger charge is -2.21. The zero-order valence-corrected chi connectivity index (χ0v) is 20.9. The van der Waals surface area contributed by atoms with Gasteiger partial charge in [-0.05, 0) is 24.8 Å². The molecule has 0 aromatic carbocycles. The summed E-state index contributed by atoms with van der Waals surface area (Å²) in [6, 6.07) is 7.37.